The normalized spacial score (nSPS) is 27.4. The lowest BCUT2D eigenvalue weighted by Crippen LogP contribution is -3.00. The summed E-state index contributed by atoms with van der Waals surface area (Å²) in [5.41, 5.74) is 0. The summed E-state index contributed by atoms with van der Waals surface area (Å²) in [7, 11) is 4.24. The number of likely N-dealkylation sites (N-methyl/N-ethyl adjacent to an activating group) is 1. The Balaban J connectivity index is 0.00000121. The number of Topliss-reactive ketones (excluding diaryl/α,β-unsaturated/α-hetero) is 1. The number of nitrogens with one attached hydrogen (secondary N) is 1. The molecule has 1 heterocycles. The third-order valence-corrected chi connectivity index (χ3v) is 2.52. The number of hydrogen-bond acceptors (Lipinski definition) is 2. The molecule has 1 N–H and O–H groups in total. The number of carbonyl (C=O) groups is 1. The molecule has 1 unspecified atom stereocenters. The van der Waals surface area contributed by atoms with Crippen molar-refractivity contribution in [2.24, 2.45) is 0 Å². The smallest absolute Gasteiger partial charge is 0.188 e. The summed E-state index contributed by atoms with van der Waals surface area (Å²) < 4.78 is 0.836. The van der Waals surface area contributed by atoms with Gasteiger partial charge in [0.2, 0.25) is 0 Å². The summed E-state index contributed by atoms with van der Waals surface area (Å²) in [4.78, 5) is 11.2. The quantitative estimate of drug-likeness (QED) is 0.402. The molecular formula is C8H17IN2O. The molecule has 0 aromatic carbocycles. The summed E-state index contributed by atoms with van der Waals surface area (Å²) in [6, 6.07) is 0.156. The Kier molecular flexibility index (Phi) is 4.65. The predicted octanol–water partition coefficient (Wildman–Crippen LogP) is -3.37. The molecule has 0 amide bonds. The highest BCUT2D eigenvalue weighted by Gasteiger charge is 2.34. The Morgan fingerprint density at radius 1 is 1.50 bits per heavy atom. The van der Waals surface area contributed by atoms with Crippen LogP contribution in [0.25, 0.3) is 0 Å². The lowest BCUT2D eigenvalue weighted by atomic mass is 10.1. The van der Waals surface area contributed by atoms with Gasteiger partial charge in [-0.3, -0.25) is 4.79 Å². The molecule has 0 aromatic rings. The molecule has 1 atom stereocenters. The minimum absolute atomic E-state index is 0. The summed E-state index contributed by atoms with van der Waals surface area (Å²) in [6.07, 6.45) is 0. The Labute approximate surface area is 91.1 Å². The highest BCUT2D eigenvalue weighted by molar-refractivity contribution is 5.80. The summed E-state index contributed by atoms with van der Waals surface area (Å²) >= 11 is 0. The molecule has 3 nitrogen and oxygen atoms in total. The van der Waals surface area contributed by atoms with Crippen molar-refractivity contribution >= 4 is 5.78 Å². The Morgan fingerprint density at radius 3 is 2.42 bits per heavy atom. The monoisotopic (exact) mass is 284 g/mol. The van der Waals surface area contributed by atoms with Crippen LogP contribution in [0.4, 0.5) is 0 Å². The van der Waals surface area contributed by atoms with Gasteiger partial charge in [-0.15, -0.1) is 0 Å². The fourth-order valence-electron chi connectivity index (χ4n) is 1.64. The summed E-state index contributed by atoms with van der Waals surface area (Å²) in [5, 5.41) is 3.24. The van der Waals surface area contributed by atoms with Crippen molar-refractivity contribution in [3.8, 4) is 0 Å². The zero-order chi connectivity index (χ0) is 8.48. The van der Waals surface area contributed by atoms with Gasteiger partial charge in [-0.2, -0.15) is 0 Å². The van der Waals surface area contributed by atoms with Gasteiger partial charge in [-0.1, -0.05) is 0 Å². The van der Waals surface area contributed by atoms with Crippen LogP contribution in [0.3, 0.4) is 0 Å². The van der Waals surface area contributed by atoms with E-state index in [9.17, 15) is 4.79 Å². The number of rotatable bonds is 1. The van der Waals surface area contributed by atoms with E-state index >= 15 is 0 Å². The van der Waals surface area contributed by atoms with Crippen molar-refractivity contribution in [3.63, 3.8) is 0 Å². The van der Waals surface area contributed by atoms with Crippen LogP contribution in [0.1, 0.15) is 6.92 Å². The van der Waals surface area contributed by atoms with Gasteiger partial charge in [-0.25, -0.2) is 0 Å². The fraction of sp³-hybridized carbons (Fsp3) is 0.875. The lowest BCUT2D eigenvalue weighted by molar-refractivity contribution is -0.907. The van der Waals surface area contributed by atoms with E-state index in [4.69, 9.17) is 0 Å². The van der Waals surface area contributed by atoms with E-state index in [1.54, 1.807) is 6.92 Å². The molecule has 1 fully saturated rings. The van der Waals surface area contributed by atoms with Crippen molar-refractivity contribution in [1.82, 2.24) is 5.32 Å². The fourth-order valence-corrected chi connectivity index (χ4v) is 1.64. The van der Waals surface area contributed by atoms with Gasteiger partial charge in [0, 0.05) is 13.5 Å². The van der Waals surface area contributed by atoms with Gasteiger partial charge >= 0.3 is 0 Å². The van der Waals surface area contributed by atoms with Crippen molar-refractivity contribution in [3.05, 3.63) is 0 Å². The van der Waals surface area contributed by atoms with Crippen LogP contribution in [0, 0.1) is 0 Å². The number of carbonyl (C=O) groups excluding carboxylic acids is 1. The minimum atomic E-state index is 0. The maximum absolute atomic E-state index is 11.2. The summed E-state index contributed by atoms with van der Waals surface area (Å²) in [6.45, 7) is 4.58. The molecule has 1 aliphatic rings. The van der Waals surface area contributed by atoms with Crippen molar-refractivity contribution in [1.29, 1.82) is 0 Å². The molecule has 0 spiro atoms. The standard InChI is InChI=1S/C8H17N2O.HI/c1-7(11)8-6-9-4-5-10(8,2)3;/h8-9H,4-6H2,1-3H3;1H/q+1;/p-1. The average molecular weight is 284 g/mol. The predicted molar refractivity (Wildman–Crippen MR) is 44.3 cm³/mol. The second kappa shape index (κ2) is 4.53. The van der Waals surface area contributed by atoms with Crippen molar-refractivity contribution in [2.75, 3.05) is 33.7 Å². The molecule has 72 valence electrons. The van der Waals surface area contributed by atoms with Gasteiger partial charge in [0.05, 0.1) is 27.2 Å². The van der Waals surface area contributed by atoms with Crippen molar-refractivity contribution < 1.29 is 33.3 Å². The number of quaternary nitrogens is 1. The molecular weight excluding hydrogens is 267 g/mol. The molecule has 0 aromatic heterocycles. The Hall–Kier alpha value is 0.320. The first-order valence-electron chi connectivity index (χ1n) is 4.08. The van der Waals surface area contributed by atoms with E-state index in [1.165, 1.54) is 0 Å². The molecule has 4 heteroatoms. The zero-order valence-electron chi connectivity index (χ0n) is 7.93. The second-order valence-corrected chi connectivity index (χ2v) is 3.83. The van der Waals surface area contributed by atoms with Gasteiger partial charge in [0.15, 0.2) is 11.8 Å². The van der Waals surface area contributed by atoms with E-state index in [0.717, 1.165) is 24.1 Å². The molecule has 1 rings (SSSR count). The Bertz CT molecular complexity index is 170. The van der Waals surface area contributed by atoms with E-state index in [-0.39, 0.29) is 30.0 Å². The van der Waals surface area contributed by atoms with Crippen LogP contribution < -0.4 is 29.3 Å². The maximum atomic E-state index is 11.2. The van der Waals surface area contributed by atoms with Gasteiger partial charge in [-0.05, 0) is 0 Å². The van der Waals surface area contributed by atoms with Crippen LogP contribution in [-0.4, -0.2) is 50.0 Å². The minimum Gasteiger partial charge on any atom is -1.00 e. The molecule has 0 radical (unpaired) electrons. The average Bonchev–Trinajstić information content (AvgIpc) is 1.85. The molecule has 1 saturated heterocycles. The molecule has 0 aliphatic carbocycles. The number of ketones is 1. The van der Waals surface area contributed by atoms with E-state index < -0.39 is 0 Å². The van der Waals surface area contributed by atoms with Gasteiger partial charge < -0.3 is 33.8 Å². The largest absolute Gasteiger partial charge is 1.00 e. The molecule has 0 bridgehead atoms. The number of hydrogen-bond donors (Lipinski definition) is 1. The van der Waals surface area contributed by atoms with Gasteiger partial charge in [0.25, 0.3) is 0 Å². The highest BCUT2D eigenvalue weighted by Crippen LogP contribution is 2.09. The highest BCUT2D eigenvalue weighted by atomic mass is 127. The Morgan fingerprint density at radius 2 is 2.08 bits per heavy atom. The molecule has 1 aliphatic heterocycles. The van der Waals surface area contributed by atoms with Crippen LogP contribution in [0.5, 0.6) is 0 Å². The van der Waals surface area contributed by atoms with Crippen LogP contribution >= 0.6 is 0 Å². The van der Waals surface area contributed by atoms with Crippen LogP contribution in [0.2, 0.25) is 0 Å². The first kappa shape index (κ1) is 12.3. The van der Waals surface area contributed by atoms with E-state index in [2.05, 4.69) is 19.4 Å². The topological polar surface area (TPSA) is 29.1 Å². The first-order chi connectivity index (χ1) is 5.04. The number of halogens is 1. The summed E-state index contributed by atoms with van der Waals surface area (Å²) in [5.74, 6) is 0.294. The van der Waals surface area contributed by atoms with Gasteiger partial charge in [0.1, 0.15) is 0 Å². The van der Waals surface area contributed by atoms with Crippen LogP contribution in [-0.2, 0) is 4.79 Å². The van der Waals surface area contributed by atoms with E-state index in [1.807, 2.05) is 0 Å². The maximum Gasteiger partial charge on any atom is 0.188 e. The second-order valence-electron chi connectivity index (χ2n) is 3.83. The first-order valence-corrected chi connectivity index (χ1v) is 4.08. The molecule has 12 heavy (non-hydrogen) atoms. The zero-order valence-corrected chi connectivity index (χ0v) is 10.1. The third-order valence-electron chi connectivity index (χ3n) is 2.52. The van der Waals surface area contributed by atoms with Crippen LogP contribution in [0.15, 0.2) is 0 Å². The van der Waals surface area contributed by atoms with E-state index in [0.29, 0.717) is 5.78 Å². The molecule has 0 saturated carbocycles. The third kappa shape index (κ3) is 2.67. The number of nitrogens with zero attached hydrogens (tertiary/aromatic N) is 1. The van der Waals surface area contributed by atoms with Crippen molar-refractivity contribution in [2.45, 2.75) is 13.0 Å². The SMILES string of the molecule is CC(=O)C1CNCC[N+]1(C)C.[I-]. The number of piperazine rings is 1. The lowest BCUT2D eigenvalue weighted by Gasteiger charge is -2.40.